The molecule has 76 valence electrons. The third kappa shape index (κ3) is 5.69. The molecule has 0 fully saturated rings. The number of thiol groups is 1. The van der Waals surface area contributed by atoms with Crippen molar-refractivity contribution < 1.29 is 9.59 Å². The van der Waals surface area contributed by atoms with Crippen molar-refractivity contribution in [3.63, 3.8) is 0 Å². The Labute approximate surface area is 84.7 Å². The molecule has 0 bridgehead atoms. The van der Waals surface area contributed by atoms with Gasteiger partial charge in [-0.2, -0.15) is 12.6 Å². The van der Waals surface area contributed by atoms with Crippen LogP contribution in [-0.2, 0) is 9.59 Å². The van der Waals surface area contributed by atoms with Crippen molar-refractivity contribution in [1.82, 2.24) is 5.32 Å². The summed E-state index contributed by atoms with van der Waals surface area (Å²) in [6, 6.07) is 0. The zero-order valence-corrected chi connectivity index (χ0v) is 9.01. The van der Waals surface area contributed by atoms with E-state index in [-0.39, 0.29) is 18.4 Å². The Morgan fingerprint density at radius 1 is 1.54 bits per heavy atom. The van der Waals surface area contributed by atoms with Crippen molar-refractivity contribution >= 4 is 24.8 Å². The monoisotopic (exact) mass is 203 g/mol. The second-order valence-corrected chi connectivity index (χ2v) is 3.79. The zero-order chi connectivity index (χ0) is 10.3. The molecule has 0 aliphatic heterocycles. The Balaban J connectivity index is 3.91. The summed E-state index contributed by atoms with van der Waals surface area (Å²) in [4.78, 5) is 21.4. The number of carbonyl (C=O) groups excluding carboxylic acids is 2. The Morgan fingerprint density at radius 2 is 2.15 bits per heavy atom. The molecule has 1 atom stereocenters. The van der Waals surface area contributed by atoms with Crippen LogP contribution in [0.1, 0.15) is 20.3 Å². The average molecular weight is 203 g/mol. The highest BCUT2D eigenvalue weighted by Gasteiger charge is 2.17. The lowest BCUT2D eigenvalue weighted by atomic mass is 9.98. The van der Waals surface area contributed by atoms with E-state index in [9.17, 15) is 9.59 Å². The summed E-state index contributed by atoms with van der Waals surface area (Å²) in [5.41, 5.74) is 0. The van der Waals surface area contributed by atoms with Gasteiger partial charge < -0.3 is 10.1 Å². The third-order valence-electron chi connectivity index (χ3n) is 1.71. The highest BCUT2D eigenvalue weighted by atomic mass is 32.1. The van der Waals surface area contributed by atoms with Gasteiger partial charge in [0.2, 0.25) is 5.91 Å². The van der Waals surface area contributed by atoms with Crippen molar-refractivity contribution in [2.75, 3.05) is 12.3 Å². The van der Waals surface area contributed by atoms with Gasteiger partial charge in [-0.1, -0.05) is 13.8 Å². The van der Waals surface area contributed by atoms with Gasteiger partial charge in [-0.25, -0.2) is 0 Å². The van der Waals surface area contributed by atoms with Gasteiger partial charge in [-0.05, 0) is 12.3 Å². The van der Waals surface area contributed by atoms with Crippen LogP contribution in [0.2, 0.25) is 0 Å². The van der Waals surface area contributed by atoms with E-state index in [1.54, 1.807) is 0 Å². The van der Waals surface area contributed by atoms with E-state index in [0.29, 0.717) is 18.0 Å². The molecule has 0 aromatic carbocycles. The lowest BCUT2D eigenvalue weighted by Gasteiger charge is -2.15. The summed E-state index contributed by atoms with van der Waals surface area (Å²) in [5.74, 6) is 0.848. The van der Waals surface area contributed by atoms with Crippen LogP contribution in [0.25, 0.3) is 0 Å². The number of hydrogen-bond donors (Lipinski definition) is 2. The summed E-state index contributed by atoms with van der Waals surface area (Å²) in [5, 5.41) is 2.53. The minimum Gasteiger partial charge on any atom is -0.349 e. The SMILES string of the molecule is CC(C)CC(CS)C(=O)NCC=O. The van der Waals surface area contributed by atoms with Crippen LogP contribution >= 0.6 is 12.6 Å². The summed E-state index contributed by atoms with van der Waals surface area (Å²) in [6.45, 7) is 4.22. The van der Waals surface area contributed by atoms with Crippen LogP contribution in [0.5, 0.6) is 0 Å². The molecular formula is C9H17NO2S. The average Bonchev–Trinajstić information content (AvgIpc) is 2.09. The van der Waals surface area contributed by atoms with Gasteiger partial charge in [0.05, 0.1) is 6.54 Å². The predicted octanol–water partition coefficient (Wildman–Crippen LogP) is 0.894. The summed E-state index contributed by atoms with van der Waals surface area (Å²) < 4.78 is 0. The Bertz CT molecular complexity index is 171. The molecule has 0 saturated heterocycles. The lowest BCUT2D eigenvalue weighted by molar-refractivity contribution is -0.125. The fourth-order valence-corrected chi connectivity index (χ4v) is 1.44. The molecule has 13 heavy (non-hydrogen) atoms. The van der Waals surface area contributed by atoms with E-state index < -0.39 is 0 Å². The summed E-state index contributed by atoms with van der Waals surface area (Å²) in [7, 11) is 0. The first-order valence-electron chi connectivity index (χ1n) is 4.44. The predicted molar refractivity (Wildman–Crippen MR) is 55.9 cm³/mol. The first-order chi connectivity index (χ1) is 6.11. The maximum absolute atomic E-state index is 11.3. The molecule has 0 aliphatic carbocycles. The number of carbonyl (C=O) groups is 2. The fourth-order valence-electron chi connectivity index (χ4n) is 1.12. The summed E-state index contributed by atoms with van der Waals surface area (Å²) in [6.07, 6.45) is 1.50. The van der Waals surface area contributed by atoms with Gasteiger partial charge in [-0.3, -0.25) is 4.79 Å². The molecule has 0 aromatic heterocycles. The van der Waals surface area contributed by atoms with Crippen LogP contribution < -0.4 is 5.32 Å². The van der Waals surface area contributed by atoms with E-state index in [4.69, 9.17) is 0 Å². The van der Waals surface area contributed by atoms with Gasteiger partial charge >= 0.3 is 0 Å². The number of aldehydes is 1. The Hall–Kier alpha value is -0.510. The minimum absolute atomic E-state index is 0.0733. The summed E-state index contributed by atoms with van der Waals surface area (Å²) >= 11 is 4.10. The van der Waals surface area contributed by atoms with E-state index in [2.05, 4.69) is 31.8 Å². The topological polar surface area (TPSA) is 46.2 Å². The molecule has 0 aliphatic rings. The van der Waals surface area contributed by atoms with Crippen molar-refractivity contribution in [3.8, 4) is 0 Å². The first-order valence-corrected chi connectivity index (χ1v) is 5.07. The second kappa shape index (κ2) is 6.95. The van der Waals surface area contributed by atoms with Crippen molar-refractivity contribution in [2.45, 2.75) is 20.3 Å². The molecule has 1 amide bonds. The van der Waals surface area contributed by atoms with Crippen molar-refractivity contribution in [3.05, 3.63) is 0 Å². The molecule has 4 heteroatoms. The highest BCUT2D eigenvalue weighted by molar-refractivity contribution is 7.80. The largest absolute Gasteiger partial charge is 0.349 e. The molecule has 0 spiro atoms. The van der Waals surface area contributed by atoms with Crippen LogP contribution in [-0.4, -0.2) is 24.5 Å². The molecule has 0 saturated carbocycles. The molecule has 1 N–H and O–H groups in total. The van der Waals surface area contributed by atoms with Gasteiger partial charge in [0.1, 0.15) is 6.29 Å². The highest BCUT2D eigenvalue weighted by Crippen LogP contribution is 2.12. The van der Waals surface area contributed by atoms with Gasteiger partial charge in [-0.15, -0.1) is 0 Å². The Morgan fingerprint density at radius 3 is 2.54 bits per heavy atom. The number of rotatable bonds is 6. The number of amides is 1. The van der Waals surface area contributed by atoms with E-state index in [1.165, 1.54) is 0 Å². The standard InChI is InChI=1S/C9H17NO2S/c1-7(2)5-8(6-13)9(12)10-3-4-11/h4,7-8,13H,3,5-6H2,1-2H3,(H,10,12). The smallest absolute Gasteiger partial charge is 0.224 e. The van der Waals surface area contributed by atoms with E-state index in [1.807, 2.05) is 0 Å². The molecule has 1 unspecified atom stereocenters. The van der Waals surface area contributed by atoms with Crippen LogP contribution in [0, 0.1) is 11.8 Å². The van der Waals surface area contributed by atoms with Gasteiger partial charge in [0.15, 0.2) is 0 Å². The van der Waals surface area contributed by atoms with Crippen LogP contribution in [0.3, 0.4) is 0 Å². The molecular weight excluding hydrogens is 186 g/mol. The van der Waals surface area contributed by atoms with Crippen molar-refractivity contribution in [2.24, 2.45) is 11.8 Å². The molecule has 3 nitrogen and oxygen atoms in total. The maximum atomic E-state index is 11.3. The number of hydrogen-bond acceptors (Lipinski definition) is 3. The Kier molecular flexibility index (Phi) is 6.68. The minimum atomic E-state index is -0.0803. The number of nitrogens with one attached hydrogen (secondary N) is 1. The zero-order valence-electron chi connectivity index (χ0n) is 8.12. The van der Waals surface area contributed by atoms with E-state index in [0.717, 1.165) is 6.42 Å². The molecule has 0 heterocycles. The van der Waals surface area contributed by atoms with Crippen molar-refractivity contribution in [1.29, 1.82) is 0 Å². The maximum Gasteiger partial charge on any atom is 0.224 e. The van der Waals surface area contributed by atoms with Crippen LogP contribution in [0.4, 0.5) is 0 Å². The van der Waals surface area contributed by atoms with Crippen LogP contribution in [0.15, 0.2) is 0 Å². The third-order valence-corrected chi connectivity index (χ3v) is 2.15. The molecule has 0 aromatic rings. The quantitative estimate of drug-likeness (QED) is 0.497. The van der Waals surface area contributed by atoms with Gasteiger partial charge in [0.25, 0.3) is 0 Å². The molecule has 0 radical (unpaired) electrons. The van der Waals surface area contributed by atoms with E-state index >= 15 is 0 Å². The molecule has 0 rings (SSSR count). The first kappa shape index (κ1) is 12.5. The second-order valence-electron chi connectivity index (χ2n) is 3.42. The lowest BCUT2D eigenvalue weighted by Crippen LogP contribution is -2.33. The van der Waals surface area contributed by atoms with Gasteiger partial charge in [0, 0.05) is 11.7 Å². The fraction of sp³-hybridized carbons (Fsp3) is 0.778. The normalized spacial score (nSPS) is 12.6.